The maximum Gasteiger partial charge on any atom is 0.316 e. The number of imidazole rings is 1. The molecule has 0 aliphatic rings. The second-order valence-corrected chi connectivity index (χ2v) is 6.55. The number of hydrogen-bond donors (Lipinski definition) is 3. The van der Waals surface area contributed by atoms with Crippen LogP contribution in [0.3, 0.4) is 0 Å². The molecule has 8 heteroatoms. The van der Waals surface area contributed by atoms with Gasteiger partial charge in [0.15, 0.2) is 0 Å². The lowest BCUT2D eigenvalue weighted by atomic mass is 10.1. The summed E-state index contributed by atoms with van der Waals surface area (Å²) < 4.78 is 3.24. The third kappa shape index (κ3) is 2.69. The molecule has 0 aliphatic carbocycles. The van der Waals surface area contributed by atoms with Crippen LogP contribution < -0.4 is 16.9 Å². The van der Waals surface area contributed by atoms with E-state index in [0.29, 0.717) is 42.0 Å². The molecule has 128 valence electrons. The number of nitrogens with one attached hydrogen (secondary N) is 1. The fourth-order valence-corrected chi connectivity index (χ4v) is 2.84. The molecule has 0 saturated heterocycles. The summed E-state index contributed by atoms with van der Waals surface area (Å²) in [5, 5.41) is 9.94. The van der Waals surface area contributed by atoms with Crippen LogP contribution in [-0.2, 0) is 13.1 Å². The van der Waals surface area contributed by atoms with E-state index in [1.807, 2.05) is 11.5 Å². The normalized spacial score (nSPS) is 12.3. The number of aryl methyl sites for hydroxylation is 2. The van der Waals surface area contributed by atoms with Gasteiger partial charge in [-0.1, -0.05) is 0 Å². The van der Waals surface area contributed by atoms with Gasteiger partial charge in [-0.25, -0.2) is 4.98 Å². The van der Waals surface area contributed by atoms with Crippen LogP contribution in [0.4, 0.5) is 5.95 Å². The number of H-pyrrole nitrogens is 1. The lowest BCUT2D eigenvalue weighted by Gasteiger charge is -2.18. The Bertz CT molecular complexity index is 1040. The van der Waals surface area contributed by atoms with Crippen molar-refractivity contribution in [3.8, 4) is 0 Å². The van der Waals surface area contributed by atoms with E-state index in [0.717, 1.165) is 5.52 Å². The van der Waals surface area contributed by atoms with Gasteiger partial charge < -0.3 is 25.0 Å². The molecular weight excluding hydrogens is 310 g/mol. The fourth-order valence-electron chi connectivity index (χ4n) is 2.84. The minimum Gasteiger partial charge on any atom is -0.390 e. The first kappa shape index (κ1) is 16.3. The summed E-state index contributed by atoms with van der Waals surface area (Å²) in [6.07, 6.45) is 0.507. The summed E-state index contributed by atoms with van der Waals surface area (Å²) in [6, 6.07) is 3.52. The number of benzene rings is 1. The summed E-state index contributed by atoms with van der Waals surface area (Å²) in [5.41, 5.74) is 6.51. The summed E-state index contributed by atoms with van der Waals surface area (Å²) in [5.74, 6) is 0.331. The Morgan fingerprint density at radius 3 is 2.58 bits per heavy atom. The van der Waals surface area contributed by atoms with Crippen LogP contribution in [-0.4, -0.2) is 29.8 Å². The van der Waals surface area contributed by atoms with E-state index in [4.69, 9.17) is 5.73 Å². The monoisotopic (exact) mass is 331 g/mol. The highest BCUT2D eigenvalue weighted by atomic mass is 16.3. The molecule has 0 saturated carbocycles. The van der Waals surface area contributed by atoms with Gasteiger partial charge in [0.25, 0.3) is 0 Å². The van der Waals surface area contributed by atoms with Crippen molar-refractivity contribution in [1.82, 2.24) is 19.1 Å². The summed E-state index contributed by atoms with van der Waals surface area (Å²) in [7, 11) is 0. The first-order valence-corrected chi connectivity index (χ1v) is 7.86. The Morgan fingerprint density at radius 1 is 1.25 bits per heavy atom. The zero-order valence-electron chi connectivity index (χ0n) is 14.0. The standard InChI is InChI=1S/C16H21N5O3/c1-4-20-11-8-12-10(7-9(11)18-13(22)14(20)23)19-15(17)21(12)6-5-16(2,3)24/h7-8,24H,4-6H2,1-3H3,(H2,17,19)(H,18,22). The number of hydrogen-bond acceptors (Lipinski definition) is 5. The van der Waals surface area contributed by atoms with Gasteiger partial charge in [0.1, 0.15) is 0 Å². The highest BCUT2D eigenvalue weighted by molar-refractivity contribution is 5.92. The van der Waals surface area contributed by atoms with E-state index in [1.165, 1.54) is 4.57 Å². The van der Waals surface area contributed by atoms with Crippen molar-refractivity contribution in [2.75, 3.05) is 5.73 Å². The van der Waals surface area contributed by atoms with Gasteiger partial charge in [0, 0.05) is 13.1 Å². The zero-order valence-corrected chi connectivity index (χ0v) is 14.0. The van der Waals surface area contributed by atoms with Crippen molar-refractivity contribution < 1.29 is 5.11 Å². The molecule has 0 amide bonds. The highest BCUT2D eigenvalue weighted by Crippen LogP contribution is 2.24. The predicted octanol–water partition coefficient (Wildman–Crippen LogP) is 0.803. The van der Waals surface area contributed by atoms with E-state index in [-0.39, 0.29) is 0 Å². The number of fused-ring (bicyclic) bond motifs is 2. The number of anilines is 1. The van der Waals surface area contributed by atoms with Crippen LogP contribution in [0, 0.1) is 0 Å². The first-order chi connectivity index (χ1) is 11.2. The Kier molecular flexibility index (Phi) is 3.71. The maximum absolute atomic E-state index is 12.0. The highest BCUT2D eigenvalue weighted by Gasteiger charge is 2.17. The Labute approximate surface area is 137 Å². The maximum atomic E-state index is 12.0. The number of nitrogens with zero attached hydrogens (tertiary/aromatic N) is 3. The van der Waals surface area contributed by atoms with Gasteiger partial charge in [-0.2, -0.15) is 0 Å². The van der Waals surface area contributed by atoms with Gasteiger partial charge >= 0.3 is 11.1 Å². The number of aromatic nitrogens is 4. The molecule has 0 bridgehead atoms. The SMILES string of the molecule is CCn1c(=O)c(=O)[nH]c2cc3nc(N)n(CCC(C)(C)O)c3cc21. The second-order valence-electron chi connectivity index (χ2n) is 6.55. The molecular formula is C16H21N5O3. The molecule has 0 atom stereocenters. The molecule has 0 fully saturated rings. The molecule has 3 aromatic rings. The average Bonchev–Trinajstić information content (AvgIpc) is 2.78. The quantitative estimate of drug-likeness (QED) is 0.611. The molecule has 3 rings (SSSR count). The molecule has 24 heavy (non-hydrogen) atoms. The molecule has 0 aliphatic heterocycles. The third-order valence-corrected chi connectivity index (χ3v) is 4.14. The smallest absolute Gasteiger partial charge is 0.316 e. The van der Waals surface area contributed by atoms with Crippen molar-refractivity contribution >= 4 is 28.0 Å². The van der Waals surface area contributed by atoms with E-state index in [2.05, 4.69) is 9.97 Å². The van der Waals surface area contributed by atoms with Gasteiger partial charge in [0.05, 0.1) is 27.7 Å². The predicted molar refractivity (Wildman–Crippen MR) is 93.1 cm³/mol. The lowest BCUT2D eigenvalue weighted by Crippen LogP contribution is -2.35. The molecule has 0 radical (unpaired) electrons. The number of nitrogen functional groups attached to an aromatic ring is 1. The number of aliphatic hydroxyl groups is 1. The fraction of sp³-hybridized carbons (Fsp3) is 0.438. The van der Waals surface area contributed by atoms with Gasteiger partial charge in [-0.15, -0.1) is 0 Å². The Morgan fingerprint density at radius 2 is 1.96 bits per heavy atom. The van der Waals surface area contributed by atoms with Gasteiger partial charge in [-0.05, 0) is 39.3 Å². The van der Waals surface area contributed by atoms with Gasteiger partial charge in [0.2, 0.25) is 5.95 Å². The van der Waals surface area contributed by atoms with Crippen molar-refractivity contribution in [3.05, 3.63) is 32.8 Å². The second kappa shape index (κ2) is 5.48. The largest absolute Gasteiger partial charge is 0.390 e. The Hall–Kier alpha value is -2.61. The van der Waals surface area contributed by atoms with Crippen molar-refractivity contribution in [1.29, 1.82) is 0 Å². The molecule has 4 N–H and O–H groups in total. The molecule has 0 unspecified atom stereocenters. The third-order valence-electron chi connectivity index (χ3n) is 4.14. The lowest BCUT2D eigenvalue weighted by molar-refractivity contribution is 0.0667. The van der Waals surface area contributed by atoms with Crippen LogP contribution in [0.1, 0.15) is 27.2 Å². The number of nitrogens with two attached hydrogens (primary N) is 1. The van der Waals surface area contributed by atoms with Crippen LogP contribution in [0.5, 0.6) is 0 Å². The number of rotatable bonds is 4. The minimum atomic E-state index is -0.823. The molecule has 1 aromatic carbocycles. The molecule has 8 nitrogen and oxygen atoms in total. The summed E-state index contributed by atoms with van der Waals surface area (Å²) in [6.45, 7) is 6.16. The number of aromatic amines is 1. The first-order valence-electron chi connectivity index (χ1n) is 7.86. The van der Waals surface area contributed by atoms with E-state index in [9.17, 15) is 14.7 Å². The van der Waals surface area contributed by atoms with Crippen molar-refractivity contribution in [2.24, 2.45) is 0 Å². The molecule has 0 spiro atoms. The van der Waals surface area contributed by atoms with Crippen LogP contribution in [0.25, 0.3) is 22.1 Å². The van der Waals surface area contributed by atoms with Crippen LogP contribution >= 0.6 is 0 Å². The molecule has 2 aromatic heterocycles. The average molecular weight is 331 g/mol. The van der Waals surface area contributed by atoms with Crippen LogP contribution in [0.2, 0.25) is 0 Å². The van der Waals surface area contributed by atoms with Crippen molar-refractivity contribution in [3.63, 3.8) is 0 Å². The summed E-state index contributed by atoms with van der Waals surface area (Å²) >= 11 is 0. The zero-order chi connectivity index (χ0) is 17.6. The van der Waals surface area contributed by atoms with Crippen molar-refractivity contribution in [2.45, 2.75) is 45.9 Å². The van der Waals surface area contributed by atoms with E-state index < -0.39 is 16.7 Å². The topological polar surface area (TPSA) is 119 Å². The minimum absolute atomic E-state index is 0.331. The van der Waals surface area contributed by atoms with E-state index >= 15 is 0 Å². The molecule has 2 heterocycles. The summed E-state index contributed by atoms with van der Waals surface area (Å²) in [4.78, 5) is 30.7. The Balaban J connectivity index is 2.27. The van der Waals surface area contributed by atoms with Crippen LogP contribution in [0.15, 0.2) is 21.7 Å². The van der Waals surface area contributed by atoms with E-state index in [1.54, 1.807) is 26.0 Å². The van der Waals surface area contributed by atoms with Gasteiger partial charge in [-0.3, -0.25) is 9.59 Å².